The average molecular weight is 503 g/mol. The van der Waals surface area contributed by atoms with Crippen LogP contribution in [-0.2, 0) is 22.2 Å². The number of amides is 2. The van der Waals surface area contributed by atoms with Crippen molar-refractivity contribution in [1.82, 2.24) is 10.2 Å². The minimum absolute atomic E-state index is 0.00983. The van der Waals surface area contributed by atoms with Crippen LogP contribution in [0.3, 0.4) is 0 Å². The van der Waals surface area contributed by atoms with Crippen molar-refractivity contribution in [3.8, 4) is 0 Å². The average Bonchev–Trinajstić information content (AvgIpc) is 3.16. The highest BCUT2D eigenvalue weighted by Crippen LogP contribution is 2.63. The molecule has 0 saturated heterocycles. The van der Waals surface area contributed by atoms with E-state index in [0.717, 1.165) is 56.2 Å². The minimum atomic E-state index is -4.35. The summed E-state index contributed by atoms with van der Waals surface area (Å²) in [7, 11) is 1.94. The Balaban J connectivity index is 1.22. The first-order chi connectivity index (χ1) is 16.9. The first-order valence-corrected chi connectivity index (χ1v) is 13.3. The lowest BCUT2D eigenvalue weighted by atomic mass is 9.48. The summed E-state index contributed by atoms with van der Waals surface area (Å²) in [6.45, 7) is 4.69. The molecule has 3 aliphatic carbocycles. The van der Waals surface area contributed by atoms with E-state index in [1.165, 1.54) is 12.1 Å². The summed E-state index contributed by atoms with van der Waals surface area (Å²) in [4.78, 5) is 27.1. The molecule has 1 heterocycles. The van der Waals surface area contributed by atoms with Gasteiger partial charge in [-0.3, -0.25) is 9.59 Å². The second-order valence-corrected chi connectivity index (χ2v) is 12.1. The van der Waals surface area contributed by atoms with Gasteiger partial charge in [0, 0.05) is 31.0 Å². The highest BCUT2D eigenvalue weighted by molar-refractivity contribution is 5.89. The lowest BCUT2D eigenvalue weighted by Gasteiger charge is -2.60. The number of carbonyl (C=O) groups excluding carboxylic acids is 2. The number of rotatable bonds is 4. The topological polar surface area (TPSA) is 49.4 Å². The quantitative estimate of drug-likeness (QED) is 0.569. The van der Waals surface area contributed by atoms with Gasteiger partial charge >= 0.3 is 6.18 Å². The van der Waals surface area contributed by atoms with Gasteiger partial charge in [-0.25, -0.2) is 0 Å². The van der Waals surface area contributed by atoms with Gasteiger partial charge in [0.05, 0.1) is 5.56 Å². The smallest absolute Gasteiger partial charge is 0.353 e. The Morgan fingerprint density at radius 3 is 2.47 bits per heavy atom. The molecule has 4 aliphatic rings. The van der Waals surface area contributed by atoms with Gasteiger partial charge in [0.25, 0.3) is 0 Å². The van der Waals surface area contributed by atoms with Gasteiger partial charge in [-0.1, -0.05) is 32.1 Å². The molecule has 196 valence electrons. The molecule has 3 fully saturated rings. The van der Waals surface area contributed by atoms with Crippen LogP contribution >= 0.6 is 0 Å². The maximum Gasteiger partial charge on any atom is 0.416 e. The minimum Gasteiger partial charge on any atom is -0.353 e. The zero-order valence-electron chi connectivity index (χ0n) is 21.4. The van der Waals surface area contributed by atoms with E-state index >= 15 is 0 Å². The summed E-state index contributed by atoms with van der Waals surface area (Å²) in [6.07, 6.45) is 6.74. The number of aryl methyl sites for hydroxylation is 1. The molecule has 1 aromatic rings. The third-order valence-corrected chi connectivity index (χ3v) is 10.4. The maximum absolute atomic E-state index is 12.9. The number of halogens is 3. The molecule has 0 bridgehead atoms. The van der Waals surface area contributed by atoms with Crippen molar-refractivity contribution in [1.29, 1.82) is 0 Å². The van der Waals surface area contributed by atoms with Crippen molar-refractivity contribution in [3.05, 3.63) is 47.5 Å². The van der Waals surface area contributed by atoms with Gasteiger partial charge in [0.15, 0.2) is 0 Å². The Hall–Kier alpha value is -2.31. The lowest BCUT2D eigenvalue weighted by Crippen LogP contribution is -2.60. The molecule has 1 aliphatic heterocycles. The normalized spacial score (nSPS) is 37.8. The van der Waals surface area contributed by atoms with E-state index in [1.807, 2.05) is 11.9 Å². The number of hydrogen-bond acceptors (Lipinski definition) is 2. The maximum atomic E-state index is 12.9. The monoisotopic (exact) mass is 502 g/mol. The predicted molar refractivity (Wildman–Crippen MR) is 132 cm³/mol. The lowest BCUT2D eigenvalue weighted by molar-refractivity contribution is -0.139. The number of hydrogen-bond donors (Lipinski definition) is 1. The Morgan fingerprint density at radius 2 is 1.78 bits per heavy atom. The molecule has 1 aromatic carbocycles. The number of carbonyl (C=O) groups is 2. The van der Waals surface area contributed by atoms with E-state index in [-0.39, 0.29) is 41.1 Å². The third kappa shape index (κ3) is 4.16. The van der Waals surface area contributed by atoms with Crippen molar-refractivity contribution in [2.24, 2.45) is 28.6 Å². The largest absolute Gasteiger partial charge is 0.416 e. The van der Waals surface area contributed by atoms with Crippen molar-refractivity contribution in [2.45, 2.75) is 83.5 Å². The fourth-order valence-corrected chi connectivity index (χ4v) is 8.36. The van der Waals surface area contributed by atoms with Crippen LogP contribution in [0.4, 0.5) is 13.2 Å². The van der Waals surface area contributed by atoms with Crippen LogP contribution in [0, 0.1) is 28.6 Å². The standard InChI is InChI=1S/C29H37F3N2O2/c1-27-16-14-22-20(9-12-24-28(22,2)17-15-26(36)34(24)3)21(27)10-11-23(27)33-25(35)13-6-18-4-7-19(8-5-18)29(30,31)32/h4-5,7-8,15,17,20-24H,6,9-14,16H2,1-3H3,(H,33,35)/t20-,21-,22+,23?,24?,27-,28+/m0/s1. The second-order valence-electron chi connectivity index (χ2n) is 12.1. The van der Waals surface area contributed by atoms with E-state index in [9.17, 15) is 22.8 Å². The molecule has 0 radical (unpaired) electrons. The summed E-state index contributed by atoms with van der Waals surface area (Å²) in [5.41, 5.74) is 0.147. The van der Waals surface area contributed by atoms with Crippen molar-refractivity contribution in [2.75, 3.05) is 7.05 Å². The Kier molecular flexibility index (Phi) is 6.27. The fourth-order valence-electron chi connectivity index (χ4n) is 8.36. The molecule has 0 spiro atoms. The molecule has 5 rings (SSSR count). The number of benzene rings is 1. The molecular weight excluding hydrogens is 465 g/mol. The predicted octanol–water partition coefficient (Wildman–Crippen LogP) is 5.76. The van der Waals surface area contributed by atoms with Crippen LogP contribution in [0.15, 0.2) is 36.4 Å². The molecule has 2 amide bonds. The Labute approximate surface area is 211 Å². The van der Waals surface area contributed by atoms with Gasteiger partial charge in [-0.2, -0.15) is 13.2 Å². The Morgan fingerprint density at radius 1 is 1.06 bits per heavy atom. The van der Waals surface area contributed by atoms with E-state index in [4.69, 9.17) is 0 Å². The fraction of sp³-hybridized carbons (Fsp3) is 0.655. The number of likely N-dealkylation sites (N-methyl/N-ethyl adjacent to an activating group) is 1. The molecule has 36 heavy (non-hydrogen) atoms. The number of fused-ring (bicyclic) bond motifs is 5. The van der Waals surface area contributed by atoms with E-state index in [1.54, 1.807) is 6.08 Å². The number of nitrogens with one attached hydrogen (secondary N) is 1. The van der Waals surface area contributed by atoms with Crippen molar-refractivity contribution >= 4 is 11.8 Å². The number of nitrogens with zero attached hydrogens (tertiary/aromatic N) is 1. The molecule has 0 aromatic heterocycles. The van der Waals surface area contributed by atoms with E-state index in [2.05, 4.69) is 25.2 Å². The van der Waals surface area contributed by atoms with Gasteiger partial charge in [-0.15, -0.1) is 0 Å². The van der Waals surface area contributed by atoms with Crippen LogP contribution in [0.25, 0.3) is 0 Å². The summed E-state index contributed by atoms with van der Waals surface area (Å²) in [5, 5.41) is 3.31. The van der Waals surface area contributed by atoms with Crippen molar-refractivity contribution in [3.63, 3.8) is 0 Å². The third-order valence-electron chi connectivity index (χ3n) is 10.4. The molecule has 2 unspecified atom stereocenters. The molecule has 7 heteroatoms. The van der Waals surface area contributed by atoms with E-state index < -0.39 is 11.7 Å². The van der Waals surface area contributed by atoms with Crippen LogP contribution in [0.5, 0.6) is 0 Å². The SMILES string of the molecule is CN1C(=O)C=C[C@@]2(C)C1CC[C@@H]1[C@H]2CC[C@]2(C)C(NC(=O)CCc3ccc(C(F)(F)F)cc3)CC[C@@H]12. The molecule has 4 nitrogen and oxygen atoms in total. The zero-order valence-corrected chi connectivity index (χ0v) is 21.4. The van der Waals surface area contributed by atoms with Gasteiger partial charge < -0.3 is 10.2 Å². The first-order valence-electron chi connectivity index (χ1n) is 13.3. The molecule has 3 saturated carbocycles. The van der Waals surface area contributed by atoms with Gasteiger partial charge in [-0.05, 0) is 91.9 Å². The van der Waals surface area contributed by atoms with Gasteiger partial charge in [0.1, 0.15) is 0 Å². The Bertz CT molecular complexity index is 1050. The second kappa shape index (κ2) is 8.91. The summed E-state index contributed by atoms with van der Waals surface area (Å²) in [5.74, 6) is 1.80. The highest BCUT2D eigenvalue weighted by Gasteiger charge is 2.60. The van der Waals surface area contributed by atoms with Gasteiger partial charge in [0.2, 0.25) is 11.8 Å². The van der Waals surface area contributed by atoms with E-state index in [0.29, 0.717) is 24.2 Å². The summed E-state index contributed by atoms with van der Waals surface area (Å²) < 4.78 is 38.4. The molecule has 1 N–H and O–H groups in total. The zero-order chi connectivity index (χ0) is 25.9. The van der Waals surface area contributed by atoms with Crippen LogP contribution in [0.1, 0.15) is 69.9 Å². The number of alkyl halides is 3. The molecule has 7 atom stereocenters. The van der Waals surface area contributed by atoms with Crippen LogP contribution < -0.4 is 5.32 Å². The molecular formula is C29H37F3N2O2. The van der Waals surface area contributed by atoms with Crippen LogP contribution in [-0.4, -0.2) is 35.8 Å². The first kappa shape index (κ1) is 25.3. The summed E-state index contributed by atoms with van der Waals surface area (Å²) >= 11 is 0. The highest BCUT2D eigenvalue weighted by atomic mass is 19.4. The van der Waals surface area contributed by atoms with Crippen molar-refractivity contribution < 1.29 is 22.8 Å². The van der Waals surface area contributed by atoms with Crippen LogP contribution in [0.2, 0.25) is 0 Å². The summed E-state index contributed by atoms with van der Waals surface area (Å²) in [6, 6.07) is 5.50.